The van der Waals surface area contributed by atoms with E-state index in [-0.39, 0.29) is 34.3 Å². The van der Waals surface area contributed by atoms with Crippen LogP contribution in [0.5, 0.6) is 0 Å². The summed E-state index contributed by atoms with van der Waals surface area (Å²) in [5, 5.41) is 1.03. The number of nitrogens with zero attached hydrogens (tertiary/aromatic N) is 1. The van der Waals surface area contributed by atoms with Gasteiger partial charge in [0, 0.05) is 34.2 Å². The Balaban J connectivity index is 1.65. The van der Waals surface area contributed by atoms with Gasteiger partial charge >= 0.3 is 0 Å². The van der Waals surface area contributed by atoms with E-state index in [1.807, 2.05) is 31.2 Å². The molecule has 0 unspecified atom stereocenters. The van der Waals surface area contributed by atoms with Crippen molar-refractivity contribution in [2.45, 2.75) is 49.2 Å². The molecule has 1 aliphatic heterocycles. The number of carbonyl (C=O) groups is 1. The van der Waals surface area contributed by atoms with E-state index in [1.165, 1.54) is 12.1 Å². The molecule has 2 aliphatic rings. The summed E-state index contributed by atoms with van der Waals surface area (Å²) in [5.74, 6) is -1.21. The summed E-state index contributed by atoms with van der Waals surface area (Å²) in [6.45, 7) is 1.92. The molecule has 5 rings (SSSR count). The van der Waals surface area contributed by atoms with Crippen LogP contribution in [-0.2, 0) is 21.2 Å². The maximum absolute atomic E-state index is 15.5. The van der Waals surface area contributed by atoms with E-state index in [2.05, 4.69) is 9.71 Å². The first-order chi connectivity index (χ1) is 15.3. The van der Waals surface area contributed by atoms with Crippen LogP contribution in [0, 0.1) is 5.82 Å². The van der Waals surface area contributed by atoms with Gasteiger partial charge in [-0.05, 0) is 49.9 Å². The highest BCUT2D eigenvalue weighted by atomic mass is 35.5. The number of carbonyl (C=O) groups excluding carboxylic acids is 1. The topological polar surface area (TPSA) is 82.3 Å². The van der Waals surface area contributed by atoms with Crippen molar-refractivity contribution in [2.75, 3.05) is 5.88 Å². The predicted molar refractivity (Wildman–Crippen MR) is 121 cm³/mol. The molecule has 1 fully saturated rings. The third-order valence-corrected chi connectivity index (χ3v) is 8.00. The van der Waals surface area contributed by atoms with Gasteiger partial charge in [0.25, 0.3) is 0 Å². The number of alkyl halides is 1. The molecular formula is C23H23ClFN3O3S. The number of nitrogens with one attached hydrogen (secondary N) is 2. The van der Waals surface area contributed by atoms with E-state index in [0.717, 1.165) is 41.1 Å². The summed E-state index contributed by atoms with van der Waals surface area (Å²) in [7, 11) is -3.79. The number of sulfonamides is 1. The molecule has 0 bridgehead atoms. The third kappa shape index (κ3) is 3.60. The van der Waals surface area contributed by atoms with Gasteiger partial charge in [0.05, 0.1) is 4.90 Å². The first-order valence-corrected chi connectivity index (χ1v) is 12.6. The van der Waals surface area contributed by atoms with Crippen molar-refractivity contribution in [1.29, 1.82) is 0 Å². The maximum Gasteiger partial charge on any atom is 0.240 e. The normalized spacial score (nSPS) is 21.0. The largest absolute Gasteiger partial charge is 0.356 e. The van der Waals surface area contributed by atoms with E-state index in [0.29, 0.717) is 6.42 Å². The second kappa shape index (κ2) is 7.86. The number of hydrogen-bond donors (Lipinski definition) is 2. The Morgan fingerprint density at radius 1 is 1.25 bits per heavy atom. The molecule has 2 N–H and O–H groups in total. The molecule has 9 heteroatoms. The van der Waals surface area contributed by atoms with Crippen molar-refractivity contribution in [3.8, 4) is 0 Å². The van der Waals surface area contributed by atoms with Crippen molar-refractivity contribution in [3.05, 3.63) is 65.1 Å². The van der Waals surface area contributed by atoms with E-state index in [9.17, 15) is 13.2 Å². The molecule has 3 aromatic rings. The Bertz CT molecular complexity index is 1320. The van der Waals surface area contributed by atoms with Gasteiger partial charge in [0.15, 0.2) is 0 Å². The number of hydrogen-bond acceptors (Lipinski definition) is 3. The van der Waals surface area contributed by atoms with Crippen molar-refractivity contribution in [1.82, 2.24) is 14.6 Å². The molecule has 168 valence electrons. The minimum atomic E-state index is -3.79. The number of halogens is 2. The maximum atomic E-state index is 15.5. The Morgan fingerprint density at radius 3 is 2.69 bits per heavy atom. The molecule has 0 radical (unpaired) electrons. The van der Waals surface area contributed by atoms with Gasteiger partial charge in [-0.15, -0.1) is 11.6 Å². The van der Waals surface area contributed by atoms with Gasteiger partial charge in [-0.1, -0.05) is 24.3 Å². The number of H-pyrrole nitrogens is 1. The number of benzene rings is 2. The third-order valence-electron chi connectivity index (χ3n) is 6.25. The number of rotatable bonds is 5. The monoisotopic (exact) mass is 475 g/mol. The Labute approximate surface area is 190 Å². The van der Waals surface area contributed by atoms with E-state index in [1.54, 1.807) is 4.90 Å². The molecule has 32 heavy (non-hydrogen) atoms. The second-order valence-corrected chi connectivity index (χ2v) is 10.5. The summed E-state index contributed by atoms with van der Waals surface area (Å²) in [5.41, 5.74) is 2.90. The molecule has 1 saturated carbocycles. The average molecular weight is 476 g/mol. The highest BCUT2D eigenvalue weighted by molar-refractivity contribution is 7.89. The van der Waals surface area contributed by atoms with Crippen molar-refractivity contribution in [2.24, 2.45) is 0 Å². The van der Waals surface area contributed by atoms with Crippen LogP contribution in [0.3, 0.4) is 0 Å². The molecular weight excluding hydrogens is 453 g/mol. The number of amides is 1. The van der Waals surface area contributed by atoms with E-state index < -0.39 is 21.9 Å². The summed E-state index contributed by atoms with van der Waals surface area (Å²) in [4.78, 5) is 17.6. The smallest absolute Gasteiger partial charge is 0.240 e. The van der Waals surface area contributed by atoms with Gasteiger partial charge in [0.1, 0.15) is 17.7 Å². The number of para-hydroxylation sites is 1. The van der Waals surface area contributed by atoms with Crippen LogP contribution in [0.2, 0.25) is 0 Å². The quantitative estimate of drug-likeness (QED) is 0.550. The second-order valence-electron chi connectivity index (χ2n) is 8.53. The summed E-state index contributed by atoms with van der Waals surface area (Å²) >= 11 is 5.91. The zero-order valence-electron chi connectivity index (χ0n) is 17.4. The zero-order chi connectivity index (χ0) is 22.6. The number of aromatic amines is 1. The van der Waals surface area contributed by atoms with Gasteiger partial charge in [-0.25, -0.2) is 17.5 Å². The lowest BCUT2D eigenvalue weighted by molar-refractivity contribution is -0.133. The van der Waals surface area contributed by atoms with Gasteiger partial charge in [-0.3, -0.25) is 4.79 Å². The van der Waals surface area contributed by atoms with Crippen LogP contribution >= 0.6 is 11.6 Å². The molecule has 0 saturated heterocycles. The molecule has 2 heterocycles. The minimum absolute atomic E-state index is 0.0762. The standard InChI is InChI=1S/C23H23ClFN3O3S/c1-13-10-18-16-4-2-3-5-20(16)26-22(18)23(28(13)21(29)12-24)17-9-8-15(11-19(17)25)32(30,31)27-14-6-7-14/h2-5,8-9,11,13-14,23,26-27H,6-7,10,12H2,1H3/t13-,23+/m0/s1. The van der Waals surface area contributed by atoms with Crippen LogP contribution in [0.1, 0.15) is 42.6 Å². The van der Waals surface area contributed by atoms with Crippen molar-refractivity contribution < 1.29 is 17.6 Å². The molecule has 1 aromatic heterocycles. The molecule has 0 spiro atoms. The van der Waals surface area contributed by atoms with Gasteiger partial charge in [0.2, 0.25) is 15.9 Å². The lowest BCUT2D eigenvalue weighted by atomic mass is 9.88. The number of fused-ring (bicyclic) bond motifs is 3. The fraction of sp³-hybridized carbons (Fsp3) is 0.348. The van der Waals surface area contributed by atoms with Crippen LogP contribution in [0.4, 0.5) is 4.39 Å². The first-order valence-electron chi connectivity index (χ1n) is 10.6. The van der Waals surface area contributed by atoms with Crippen LogP contribution < -0.4 is 4.72 Å². The van der Waals surface area contributed by atoms with Gasteiger partial charge < -0.3 is 9.88 Å². The summed E-state index contributed by atoms with van der Waals surface area (Å²) < 4.78 is 43.1. The van der Waals surface area contributed by atoms with Gasteiger partial charge in [-0.2, -0.15) is 0 Å². The number of aromatic nitrogens is 1. The van der Waals surface area contributed by atoms with Crippen molar-refractivity contribution in [3.63, 3.8) is 0 Å². The Morgan fingerprint density at radius 2 is 2.00 bits per heavy atom. The predicted octanol–water partition coefficient (Wildman–Crippen LogP) is 3.85. The molecule has 1 amide bonds. The van der Waals surface area contributed by atoms with E-state index in [4.69, 9.17) is 11.6 Å². The van der Waals surface area contributed by atoms with Crippen LogP contribution in [0.25, 0.3) is 10.9 Å². The summed E-state index contributed by atoms with van der Waals surface area (Å²) in [6.07, 6.45) is 2.19. The van der Waals surface area contributed by atoms with Crippen LogP contribution in [0.15, 0.2) is 47.4 Å². The Kier molecular flexibility index (Phi) is 5.27. The average Bonchev–Trinajstić information content (AvgIpc) is 3.50. The molecule has 1 aliphatic carbocycles. The van der Waals surface area contributed by atoms with Crippen molar-refractivity contribution >= 4 is 38.4 Å². The molecule has 6 nitrogen and oxygen atoms in total. The minimum Gasteiger partial charge on any atom is -0.356 e. The fourth-order valence-corrected chi connectivity index (χ4v) is 6.07. The highest BCUT2D eigenvalue weighted by Crippen LogP contribution is 2.42. The lowest BCUT2D eigenvalue weighted by Crippen LogP contribution is -2.47. The zero-order valence-corrected chi connectivity index (χ0v) is 19.0. The fourth-order valence-electron chi connectivity index (χ4n) is 4.61. The summed E-state index contributed by atoms with van der Waals surface area (Å²) in [6, 6.07) is 10.7. The van der Waals surface area contributed by atoms with E-state index >= 15 is 4.39 Å². The Hall–Kier alpha value is -2.42. The lowest BCUT2D eigenvalue weighted by Gasteiger charge is -2.41. The highest BCUT2D eigenvalue weighted by Gasteiger charge is 2.39. The molecule has 2 aromatic carbocycles. The van der Waals surface area contributed by atoms with Crippen LogP contribution in [-0.4, -0.2) is 42.2 Å². The first kappa shape index (κ1) is 21.4. The molecule has 2 atom stereocenters. The SMILES string of the molecule is C[C@H]1Cc2c([nH]c3ccccc23)[C@@H](c2ccc(S(=O)(=O)NC3CC3)cc2F)N1C(=O)CCl.